The van der Waals surface area contributed by atoms with Gasteiger partial charge in [-0.3, -0.25) is 0 Å². The minimum absolute atomic E-state index is 0. The Balaban J connectivity index is 0.00000216. The van der Waals surface area contributed by atoms with Gasteiger partial charge in [0.05, 0.1) is 22.8 Å². The van der Waals surface area contributed by atoms with Gasteiger partial charge in [0.1, 0.15) is 0 Å². The van der Waals surface area contributed by atoms with Gasteiger partial charge in [0.15, 0.2) is 0 Å². The van der Waals surface area contributed by atoms with Gasteiger partial charge in [0.25, 0.3) is 0 Å². The molecule has 11 aromatic rings. The monoisotopic (exact) mass is 975 g/mol. The van der Waals surface area contributed by atoms with Crippen molar-refractivity contribution in [2.24, 2.45) is 0 Å². The maximum absolute atomic E-state index is 5.65. The van der Waals surface area contributed by atoms with Crippen molar-refractivity contribution in [3.8, 4) is 45.0 Å². The second-order valence-corrected chi connectivity index (χ2v) is 16.7. The minimum atomic E-state index is 0. The summed E-state index contributed by atoms with van der Waals surface area (Å²) in [6.45, 7) is 8.81. The van der Waals surface area contributed by atoms with Crippen LogP contribution in [-0.4, -0.2) is 9.97 Å². The fourth-order valence-electron chi connectivity index (χ4n) is 10.2. The van der Waals surface area contributed by atoms with Gasteiger partial charge < -0.3 is 9.97 Å². The number of benzene rings is 8. The number of aryl methyl sites for hydroxylation is 4. The Morgan fingerprint density at radius 1 is 0.306 bits per heavy atom. The number of fused-ring (bicyclic) bond motifs is 24. The van der Waals surface area contributed by atoms with Gasteiger partial charge in [-0.15, -0.1) is 22.1 Å². The van der Waals surface area contributed by atoms with E-state index in [1.807, 2.05) is 0 Å². The molecule has 4 nitrogen and oxygen atoms in total. The summed E-state index contributed by atoms with van der Waals surface area (Å²) in [5, 5.41) is 14.0. The molecular formula is C57H40N4Pt. The fraction of sp³-hybridized carbons (Fsp3) is 0.0877. The molecule has 0 radical (unpaired) electrons. The molecule has 13 rings (SSSR count). The van der Waals surface area contributed by atoms with E-state index in [0.29, 0.717) is 0 Å². The van der Waals surface area contributed by atoms with E-state index in [0.717, 1.165) is 111 Å². The summed E-state index contributed by atoms with van der Waals surface area (Å²) in [6, 6.07) is 53.0. The third kappa shape index (κ3) is 5.29. The Kier molecular flexibility index (Phi) is 8.49. The topological polar surface area (TPSA) is 54.0 Å². The van der Waals surface area contributed by atoms with E-state index >= 15 is 0 Å². The van der Waals surface area contributed by atoms with Gasteiger partial charge >= 0.3 is 21.1 Å². The number of nitrogens with zero attached hydrogens (tertiary/aromatic N) is 4. The molecule has 0 aliphatic carbocycles. The van der Waals surface area contributed by atoms with E-state index in [1.165, 1.54) is 43.1 Å². The predicted octanol–water partition coefficient (Wildman–Crippen LogP) is 15.0. The van der Waals surface area contributed by atoms with Crippen LogP contribution in [0.1, 0.15) is 29.7 Å². The zero-order chi connectivity index (χ0) is 40.0. The Hall–Kier alpha value is -6.87. The summed E-state index contributed by atoms with van der Waals surface area (Å²) < 4.78 is 0. The average Bonchev–Trinajstić information content (AvgIpc) is 4.05. The first kappa shape index (κ1) is 38.1. The van der Waals surface area contributed by atoms with Crippen LogP contribution in [0.3, 0.4) is 0 Å². The van der Waals surface area contributed by atoms with Crippen molar-refractivity contribution in [2.75, 3.05) is 0 Å². The van der Waals surface area contributed by atoms with E-state index in [4.69, 9.17) is 19.9 Å². The normalized spacial score (nSPS) is 11.9. The largest absolute Gasteiger partial charge is 2.00 e. The molecule has 0 amide bonds. The molecule has 0 atom stereocenters. The van der Waals surface area contributed by atoms with Crippen LogP contribution in [-0.2, 0) is 21.1 Å². The Morgan fingerprint density at radius 2 is 0.500 bits per heavy atom. The smallest absolute Gasteiger partial charge is 0.656 e. The van der Waals surface area contributed by atoms with Gasteiger partial charge in [-0.2, -0.15) is 0 Å². The molecule has 8 aromatic carbocycles. The zero-order valence-electron chi connectivity index (χ0n) is 34.0. The maximum atomic E-state index is 5.65. The molecule has 0 fully saturated rings. The zero-order valence-corrected chi connectivity index (χ0v) is 36.2. The van der Waals surface area contributed by atoms with E-state index in [-0.39, 0.29) is 28.5 Å². The van der Waals surface area contributed by atoms with Crippen molar-refractivity contribution in [3.63, 3.8) is 0 Å². The van der Waals surface area contributed by atoms with Crippen molar-refractivity contribution in [3.05, 3.63) is 168 Å². The summed E-state index contributed by atoms with van der Waals surface area (Å²) in [5.41, 5.74) is 16.2. The van der Waals surface area contributed by atoms with Crippen LogP contribution in [0, 0.1) is 27.7 Å². The number of aromatic nitrogens is 4. The number of hydrogen-bond acceptors (Lipinski definition) is 2. The molecule has 3 aromatic heterocycles. The third-order valence-corrected chi connectivity index (χ3v) is 13.3. The average molecular weight is 976 g/mol. The standard InChI is InChI=1S/C56H36N4.CH4.Pt/c1-29-49-41-21-33-13-5-7-15-35(33)23-43(41)51(57-49)30(2)53-45-25-37-17-9-11-19-39(37)27-47(45)55(59-53)32(4)56-48-28-40-20-12-10-18-38(40)26-46(48)54(60-56)31(3)52-44-24-36-16-8-6-14-34(36)22-42(44)50(29)58-52;;/h5-28H,1-4H3;1H4;/q-2;;+2. The first-order valence-electron chi connectivity index (χ1n) is 20.7. The Bertz CT molecular complexity index is 3440. The molecule has 0 saturated heterocycles. The Labute approximate surface area is 373 Å². The van der Waals surface area contributed by atoms with E-state index in [2.05, 4.69) is 173 Å². The summed E-state index contributed by atoms with van der Waals surface area (Å²) >= 11 is 0. The maximum Gasteiger partial charge on any atom is 2.00 e. The molecule has 62 heavy (non-hydrogen) atoms. The van der Waals surface area contributed by atoms with Gasteiger partial charge in [-0.1, -0.05) is 104 Å². The molecule has 2 aliphatic heterocycles. The molecule has 0 N–H and O–H groups in total. The first-order valence-corrected chi connectivity index (χ1v) is 20.7. The van der Waals surface area contributed by atoms with Gasteiger partial charge in [0.2, 0.25) is 0 Å². The Morgan fingerprint density at radius 3 is 0.710 bits per heavy atom. The molecule has 0 spiro atoms. The summed E-state index contributed by atoms with van der Waals surface area (Å²) in [7, 11) is 0. The molecule has 8 bridgehead atoms. The van der Waals surface area contributed by atoms with Crippen LogP contribution in [0.5, 0.6) is 0 Å². The van der Waals surface area contributed by atoms with Crippen LogP contribution < -0.4 is 9.97 Å². The second-order valence-electron chi connectivity index (χ2n) is 16.7. The summed E-state index contributed by atoms with van der Waals surface area (Å²) in [6.07, 6.45) is 0. The van der Waals surface area contributed by atoms with Gasteiger partial charge in [-0.25, -0.2) is 9.97 Å². The molecule has 0 saturated carbocycles. The predicted molar refractivity (Wildman–Crippen MR) is 259 cm³/mol. The van der Waals surface area contributed by atoms with Crippen molar-refractivity contribution < 1.29 is 21.1 Å². The molecule has 298 valence electrons. The van der Waals surface area contributed by atoms with Crippen LogP contribution in [0.25, 0.3) is 132 Å². The van der Waals surface area contributed by atoms with Crippen LogP contribution in [0.2, 0.25) is 0 Å². The van der Waals surface area contributed by atoms with Gasteiger partial charge in [0, 0.05) is 22.3 Å². The fourth-order valence-corrected chi connectivity index (χ4v) is 10.2. The van der Waals surface area contributed by atoms with Crippen LogP contribution in [0.4, 0.5) is 0 Å². The minimum Gasteiger partial charge on any atom is -0.656 e. The molecule has 2 aliphatic rings. The van der Waals surface area contributed by atoms with E-state index in [1.54, 1.807) is 0 Å². The van der Waals surface area contributed by atoms with Crippen LogP contribution >= 0.6 is 0 Å². The van der Waals surface area contributed by atoms with Crippen molar-refractivity contribution >= 4 is 86.7 Å². The number of rotatable bonds is 0. The van der Waals surface area contributed by atoms with E-state index in [9.17, 15) is 0 Å². The second kappa shape index (κ2) is 13.8. The molecule has 5 heterocycles. The van der Waals surface area contributed by atoms with Crippen LogP contribution in [0.15, 0.2) is 146 Å². The third-order valence-electron chi connectivity index (χ3n) is 13.3. The van der Waals surface area contributed by atoms with Crippen molar-refractivity contribution in [1.82, 2.24) is 19.9 Å². The first-order chi connectivity index (χ1) is 29.4. The van der Waals surface area contributed by atoms with E-state index < -0.39 is 0 Å². The molecular weight excluding hydrogens is 936 g/mol. The van der Waals surface area contributed by atoms with Crippen molar-refractivity contribution in [1.29, 1.82) is 0 Å². The van der Waals surface area contributed by atoms with Crippen molar-refractivity contribution in [2.45, 2.75) is 35.1 Å². The SMILES string of the molecule is C.Cc1c2nc(c(C)c3[n-]c(c(C)c4nc(c(C)c5[n-]c1c1cc6ccccc6cc51)-c1cc5ccccc5cc1-4)c1cc4ccccc4cc31)-c1cc3ccccc3cc1-2.[Pt+2]. The number of hydrogen-bond donors (Lipinski definition) is 0. The molecule has 0 unspecified atom stereocenters. The summed E-state index contributed by atoms with van der Waals surface area (Å²) in [4.78, 5) is 22.6. The summed E-state index contributed by atoms with van der Waals surface area (Å²) in [5.74, 6) is 0. The quantitative estimate of drug-likeness (QED) is 0.152. The van der Waals surface area contributed by atoms with Gasteiger partial charge in [-0.05, 0) is 163 Å². The molecule has 5 heteroatoms.